The summed E-state index contributed by atoms with van der Waals surface area (Å²) in [7, 11) is 1.89. The van der Waals surface area contributed by atoms with E-state index in [9.17, 15) is 5.11 Å². The van der Waals surface area contributed by atoms with Gasteiger partial charge < -0.3 is 9.67 Å². The van der Waals surface area contributed by atoms with Gasteiger partial charge in [-0.05, 0) is 5.56 Å². The van der Waals surface area contributed by atoms with Crippen molar-refractivity contribution < 1.29 is 5.11 Å². The first kappa shape index (κ1) is 17.7. The van der Waals surface area contributed by atoms with Gasteiger partial charge in [-0.2, -0.15) is 5.10 Å². The molecule has 0 aliphatic heterocycles. The van der Waals surface area contributed by atoms with Crippen LogP contribution in [0.5, 0.6) is 0 Å². The number of rotatable bonds is 8. The molecule has 25 heavy (non-hydrogen) atoms. The minimum absolute atomic E-state index is 0.0936. The maximum absolute atomic E-state index is 9.35. The highest BCUT2D eigenvalue weighted by molar-refractivity contribution is 6.29. The molecule has 3 aromatic rings. The SMILES string of the molecule is Cn1c(Cl)cnc1CN(CCO)Cc1cnn(Cc2ccccc2)c1. The van der Waals surface area contributed by atoms with E-state index in [4.69, 9.17) is 11.6 Å². The molecule has 1 aromatic carbocycles. The lowest BCUT2D eigenvalue weighted by Crippen LogP contribution is -2.27. The average Bonchev–Trinajstić information content (AvgIpc) is 3.17. The molecule has 7 heteroatoms. The summed E-state index contributed by atoms with van der Waals surface area (Å²) in [6.45, 7) is 2.72. The Kier molecular flexibility index (Phi) is 5.86. The molecule has 0 fully saturated rings. The number of aromatic nitrogens is 4. The molecule has 3 rings (SSSR count). The molecule has 0 saturated carbocycles. The van der Waals surface area contributed by atoms with Crippen LogP contribution in [-0.4, -0.2) is 42.5 Å². The van der Waals surface area contributed by atoms with Crippen LogP contribution in [0.3, 0.4) is 0 Å². The summed E-state index contributed by atoms with van der Waals surface area (Å²) in [5.74, 6) is 0.870. The van der Waals surface area contributed by atoms with Crippen molar-refractivity contribution in [3.63, 3.8) is 0 Å². The van der Waals surface area contributed by atoms with E-state index in [1.165, 1.54) is 5.56 Å². The van der Waals surface area contributed by atoms with Gasteiger partial charge in [0, 0.05) is 31.9 Å². The Labute approximate surface area is 152 Å². The van der Waals surface area contributed by atoms with Crippen molar-refractivity contribution in [1.29, 1.82) is 0 Å². The predicted molar refractivity (Wildman–Crippen MR) is 97.2 cm³/mol. The summed E-state index contributed by atoms with van der Waals surface area (Å²) in [6.07, 6.45) is 5.56. The van der Waals surface area contributed by atoms with Crippen LogP contribution < -0.4 is 0 Å². The number of nitrogens with zero attached hydrogens (tertiary/aromatic N) is 5. The molecule has 0 saturated heterocycles. The van der Waals surface area contributed by atoms with Crippen molar-refractivity contribution in [3.05, 3.63) is 71.0 Å². The van der Waals surface area contributed by atoms with E-state index in [0.717, 1.165) is 17.9 Å². The summed E-state index contributed by atoms with van der Waals surface area (Å²) in [4.78, 5) is 6.45. The molecular formula is C18H22ClN5O. The topological polar surface area (TPSA) is 59.1 Å². The van der Waals surface area contributed by atoms with E-state index in [1.54, 1.807) is 6.20 Å². The largest absolute Gasteiger partial charge is 0.395 e. The van der Waals surface area contributed by atoms with Gasteiger partial charge in [0.1, 0.15) is 11.0 Å². The zero-order valence-electron chi connectivity index (χ0n) is 14.2. The third-order valence-electron chi connectivity index (χ3n) is 4.09. The molecule has 0 amide bonds. The van der Waals surface area contributed by atoms with Crippen LogP contribution in [0.1, 0.15) is 17.0 Å². The smallest absolute Gasteiger partial charge is 0.128 e. The molecule has 0 atom stereocenters. The van der Waals surface area contributed by atoms with Gasteiger partial charge in [-0.3, -0.25) is 9.58 Å². The molecule has 0 bridgehead atoms. The summed E-state index contributed by atoms with van der Waals surface area (Å²) < 4.78 is 3.78. The highest BCUT2D eigenvalue weighted by Gasteiger charge is 2.12. The van der Waals surface area contributed by atoms with Crippen LogP contribution in [0.4, 0.5) is 0 Å². The molecule has 6 nitrogen and oxygen atoms in total. The van der Waals surface area contributed by atoms with Gasteiger partial charge in [0.2, 0.25) is 0 Å². The summed E-state index contributed by atoms with van der Waals surface area (Å²) in [5.41, 5.74) is 2.32. The fourth-order valence-corrected chi connectivity index (χ4v) is 2.88. The quantitative estimate of drug-likeness (QED) is 0.670. The minimum atomic E-state index is 0.0936. The number of aliphatic hydroxyl groups excluding tert-OH is 1. The van der Waals surface area contributed by atoms with Crippen LogP contribution >= 0.6 is 11.6 Å². The second-order valence-electron chi connectivity index (χ2n) is 6.02. The Balaban J connectivity index is 1.65. The molecule has 132 valence electrons. The number of hydrogen-bond acceptors (Lipinski definition) is 4. The molecule has 0 spiro atoms. The number of imidazole rings is 1. The molecule has 0 aliphatic rings. The number of hydrogen-bond donors (Lipinski definition) is 1. The van der Waals surface area contributed by atoms with Crippen molar-refractivity contribution in [2.24, 2.45) is 7.05 Å². The zero-order valence-corrected chi connectivity index (χ0v) is 15.0. The lowest BCUT2D eigenvalue weighted by molar-refractivity contribution is 0.180. The molecule has 0 aliphatic carbocycles. The maximum Gasteiger partial charge on any atom is 0.128 e. The van der Waals surface area contributed by atoms with E-state index >= 15 is 0 Å². The van der Waals surface area contributed by atoms with Gasteiger partial charge in [-0.1, -0.05) is 41.9 Å². The van der Waals surface area contributed by atoms with Gasteiger partial charge in [0.25, 0.3) is 0 Å². The standard InChI is InChI=1S/C18H22ClN5O/c1-22-17(19)10-20-18(22)14-23(7-8-25)11-16-9-21-24(13-16)12-15-5-3-2-4-6-15/h2-6,9-10,13,25H,7-8,11-12,14H2,1H3. The zero-order chi connectivity index (χ0) is 17.6. The Morgan fingerprint density at radius 3 is 2.60 bits per heavy atom. The highest BCUT2D eigenvalue weighted by atomic mass is 35.5. The first-order chi connectivity index (χ1) is 12.2. The van der Waals surface area contributed by atoms with Crippen LogP contribution in [0.25, 0.3) is 0 Å². The van der Waals surface area contributed by atoms with E-state index in [-0.39, 0.29) is 6.61 Å². The highest BCUT2D eigenvalue weighted by Crippen LogP contribution is 2.13. The normalized spacial score (nSPS) is 11.4. The van der Waals surface area contributed by atoms with Crippen molar-refractivity contribution in [3.8, 4) is 0 Å². The number of halogens is 1. The molecule has 0 unspecified atom stereocenters. The second kappa shape index (κ2) is 8.29. The minimum Gasteiger partial charge on any atom is -0.395 e. The molecular weight excluding hydrogens is 338 g/mol. The van der Waals surface area contributed by atoms with Crippen molar-refractivity contribution >= 4 is 11.6 Å². The van der Waals surface area contributed by atoms with Crippen LogP contribution in [-0.2, 0) is 26.7 Å². The van der Waals surface area contributed by atoms with E-state index in [1.807, 2.05) is 46.9 Å². The van der Waals surface area contributed by atoms with Crippen LogP contribution in [0, 0.1) is 0 Å². The molecule has 2 aromatic heterocycles. The van der Waals surface area contributed by atoms with Gasteiger partial charge in [0.15, 0.2) is 0 Å². The van der Waals surface area contributed by atoms with Gasteiger partial charge in [-0.15, -0.1) is 0 Å². The summed E-state index contributed by atoms with van der Waals surface area (Å²) in [6, 6.07) is 10.2. The monoisotopic (exact) mass is 359 g/mol. The van der Waals surface area contributed by atoms with Gasteiger partial charge >= 0.3 is 0 Å². The molecule has 0 radical (unpaired) electrons. The Morgan fingerprint density at radius 1 is 1.12 bits per heavy atom. The van der Waals surface area contributed by atoms with Gasteiger partial charge in [-0.25, -0.2) is 4.98 Å². The summed E-state index contributed by atoms with van der Waals surface area (Å²) in [5, 5.41) is 14.4. The third-order valence-corrected chi connectivity index (χ3v) is 4.44. The molecule has 2 heterocycles. The lowest BCUT2D eigenvalue weighted by Gasteiger charge is -2.20. The van der Waals surface area contributed by atoms with E-state index < -0.39 is 0 Å². The first-order valence-electron chi connectivity index (χ1n) is 8.20. The molecule has 1 N–H and O–H groups in total. The van der Waals surface area contributed by atoms with Crippen molar-refractivity contribution in [2.45, 2.75) is 19.6 Å². The number of aliphatic hydroxyl groups is 1. The summed E-state index contributed by atoms with van der Waals surface area (Å²) >= 11 is 6.05. The first-order valence-corrected chi connectivity index (χ1v) is 8.58. The Morgan fingerprint density at radius 2 is 1.92 bits per heavy atom. The van der Waals surface area contributed by atoms with Crippen LogP contribution in [0.15, 0.2) is 48.9 Å². The Bertz CT molecular complexity index is 799. The van der Waals surface area contributed by atoms with Crippen molar-refractivity contribution in [1.82, 2.24) is 24.2 Å². The van der Waals surface area contributed by atoms with E-state index in [0.29, 0.717) is 24.8 Å². The lowest BCUT2D eigenvalue weighted by atomic mass is 10.2. The fourth-order valence-electron chi connectivity index (χ4n) is 2.73. The Hall–Kier alpha value is -2.15. The maximum atomic E-state index is 9.35. The fraction of sp³-hybridized carbons (Fsp3) is 0.333. The third kappa shape index (κ3) is 4.69. The van der Waals surface area contributed by atoms with Gasteiger partial charge in [0.05, 0.1) is 32.1 Å². The number of benzene rings is 1. The average molecular weight is 360 g/mol. The van der Waals surface area contributed by atoms with E-state index in [2.05, 4.69) is 27.1 Å². The second-order valence-corrected chi connectivity index (χ2v) is 6.41. The van der Waals surface area contributed by atoms with Crippen molar-refractivity contribution in [2.75, 3.05) is 13.2 Å². The predicted octanol–water partition coefficient (Wildman–Crippen LogP) is 2.31. The van der Waals surface area contributed by atoms with Crippen LogP contribution in [0.2, 0.25) is 5.15 Å².